The van der Waals surface area contributed by atoms with Crippen LogP contribution in [-0.4, -0.2) is 26.7 Å². The van der Waals surface area contributed by atoms with Crippen LogP contribution in [0.4, 0.5) is 0 Å². The zero-order chi connectivity index (χ0) is 13.0. The highest BCUT2D eigenvalue weighted by molar-refractivity contribution is 6.53. The predicted molar refractivity (Wildman–Crippen MR) is 68.0 cm³/mol. The molecule has 1 aromatic carbocycles. The molecule has 2 aromatic heterocycles. The molecule has 0 amide bonds. The highest BCUT2D eigenvalue weighted by atomic mass is 16.2. The molecule has 0 atom stereocenters. The van der Waals surface area contributed by atoms with Gasteiger partial charge in [-0.15, -0.1) is 0 Å². The van der Waals surface area contributed by atoms with Crippen LogP contribution in [0.5, 0.6) is 0 Å². The van der Waals surface area contributed by atoms with Gasteiger partial charge in [-0.2, -0.15) is 5.10 Å². The van der Waals surface area contributed by atoms with E-state index in [1.807, 2.05) is 6.07 Å². The first kappa shape index (κ1) is 10.1. The number of ketones is 2. The van der Waals surface area contributed by atoms with E-state index in [1.165, 1.54) is 0 Å². The number of H-pyrrole nitrogens is 1. The molecule has 0 radical (unpaired) electrons. The lowest BCUT2D eigenvalue weighted by atomic mass is 9.87. The third-order valence-electron chi connectivity index (χ3n) is 3.30. The molecule has 1 aliphatic rings. The van der Waals surface area contributed by atoms with E-state index in [1.54, 1.807) is 30.5 Å². The van der Waals surface area contributed by atoms with E-state index in [2.05, 4.69) is 15.2 Å². The van der Waals surface area contributed by atoms with Crippen molar-refractivity contribution in [3.8, 4) is 11.3 Å². The van der Waals surface area contributed by atoms with E-state index in [4.69, 9.17) is 0 Å². The second-order valence-electron chi connectivity index (χ2n) is 4.40. The number of aromatic amines is 1. The van der Waals surface area contributed by atoms with E-state index in [0.717, 1.165) is 5.39 Å². The average molecular weight is 249 g/mol. The normalized spacial score (nSPS) is 13.5. The number of hydrogen-bond acceptors (Lipinski definition) is 4. The molecular weight excluding hydrogens is 242 g/mol. The van der Waals surface area contributed by atoms with Crippen molar-refractivity contribution in [2.45, 2.75) is 0 Å². The summed E-state index contributed by atoms with van der Waals surface area (Å²) in [5, 5.41) is 7.38. The summed E-state index contributed by atoms with van der Waals surface area (Å²) in [7, 11) is 0. The standard InChI is InChI=1S/C14H7N3O2/c18-12-9-4-2-1-3-8(9)11-10(13(12)19)5-7-6-15-17-14(7)16-11/h1-6H,(H,15,16,17). The van der Waals surface area contributed by atoms with Gasteiger partial charge in [0.2, 0.25) is 11.6 Å². The molecule has 0 saturated heterocycles. The Hall–Kier alpha value is -2.82. The van der Waals surface area contributed by atoms with Crippen molar-refractivity contribution in [2.24, 2.45) is 0 Å². The Morgan fingerprint density at radius 1 is 0.947 bits per heavy atom. The van der Waals surface area contributed by atoms with Gasteiger partial charge < -0.3 is 0 Å². The van der Waals surface area contributed by atoms with Gasteiger partial charge in [0.05, 0.1) is 17.5 Å². The molecule has 2 heterocycles. The summed E-state index contributed by atoms with van der Waals surface area (Å²) in [6, 6.07) is 8.68. The van der Waals surface area contributed by atoms with Crippen molar-refractivity contribution >= 4 is 22.6 Å². The van der Waals surface area contributed by atoms with Crippen LogP contribution in [0.25, 0.3) is 22.3 Å². The summed E-state index contributed by atoms with van der Waals surface area (Å²) in [6.07, 6.45) is 1.58. The van der Waals surface area contributed by atoms with E-state index in [-0.39, 0.29) is 0 Å². The maximum Gasteiger partial charge on any atom is 0.235 e. The number of benzene rings is 1. The first-order valence-electron chi connectivity index (χ1n) is 5.78. The molecule has 4 rings (SSSR count). The van der Waals surface area contributed by atoms with Gasteiger partial charge in [0.15, 0.2) is 5.65 Å². The first-order chi connectivity index (χ1) is 9.25. The number of aromatic nitrogens is 3. The van der Waals surface area contributed by atoms with E-state index < -0.39 is 11.6 Å². The molecule has 0 fully saturated rings. The van der Waals surface area contributed by atoms with Gasteiger partial charge in [0.25, 0.3) is 0 Å². The maximum atomic E-state index is 12.1. The van der Waals surface area contributed by atoms with Gasteiger partial charge in [-0.05, 0) is 6.07 Å². The van der Waals surface area contributed by atoms with Crippen molar-refractivity contribution in [1.82, 2.24) is 15.2 Å². The molecule has 1 N–H and O–H groups in total. The number of nitrogens with one attached hydrogen (secondary N) is 1. The summed E-state index contributed by atoms with van der Waals surface area (Å²) >= 11 is 0. The second-order valence-corrected chi connectivity index (χ2v) is 4.40. The van der Waals surface area contributed by atoms with Crippen LogP contribution >= 0.6 is 0 Å². The summed E-state index contributed by atoms with van der Waals surface area (Å²) in [5.74, 6) is -0.989. The van der Waals surface area contributed by atoms with E-state index in [0.29, 0.717) is 28.0 Å². The van der Waals surface area contributed by atoms with Gasteiger partial charge in [0.1, 0.15) is 0 Å². The summed E-state index contributed by atoms with van der Waals surface area (Å²) < 4.78 is 0. The number of carbonyl (C=O) groups excluding carboxylic acids is 2. The number of pyridine rings is 1. The number of hydrogen-bond donors (Lipinski definition) is 1. The summed E-state index contributed by atoms with van der Waals surface area (Å²) in [4.78, 5) is 28.6. The quantitative estimate of drug-likeness (QED) is 0.618. The molecule has 5 heteroatoms. The zero-order valence-corrected chi connectivity index (χ0v) is 9.68. The second kappa shape index (κ2) is 3.35. The fourth-order valence-corrected chi connectivity index (χ4v) is 2.39. The van der Waals surface area contributed by atoms with Crippen LogP contribution < -0.4 is 0 Å². The van der Waals surface area contributed by atoms with Crippen LogP contribution in [0.2, 0.25) is 0 Å². The molecule has 0 saturated carbocycles. The topological polar surface area (TPSA) is 75.7 Å². The molecule has 90 valence electrons. The van der Waals surface area contributed by atoms with Crippen LogP contribution in [0.1, 0.15) is 20.7 Å². The Labute approximate surface area is 107 Å². The van der Waals surface area contributed by atoms with Crippen molar-refractivity contribution in [1.29, 1.82) is 0 Å². The van der Waals surface area contributed by atoms with Crippen molar-refractivity contribution in [3.63, 3.8) is 0 Å². The third-order valence-corrected chi connectivity index (χ3v) is 3.30. The van der Waals surface area contributed by atoms with Gasteiger partial charge in [-0.1, -0.05) is 24.3 Å². The van der Waals surface area contributed by atoms with E-state index in [9.17, 15) is 9.59 Å². The smallest absolute Gasteiger partial charge is 0.235 e. The predicted octanol–water partition coefficient (Wildman–Crippen LogP) is 2.00. The molecular formula is C14H7N3O2. The van der Waals surface area contributed by atoms with Crippen molar-refractivity contribution in [2.75, 3.05) is 0 Å². The first-order valence-corrected chi connectivity index (χ1v) is 5.78. The van der Waals surface area contributed by atoms with Crippen LogP contribution in [-0.2, 0) is 0 Å². The van der Waals surface area contributed by atoms with Gasteiger partial charge in [-0.3, -0.25) is 14.7 Å². The van der Waals surface area contributed by atoms with Crippen molar-refractivity contribution < 1.29 is 9.59 Å². The molecule has 1 aliphatic carbocycles. The monoisotopic (exact) mass is 249 g/mol. The van der Waals surface area contributed by atoms with Crippen molar-refractivity contribution in [3.05, 3.63) is 47.7 Å². The van der Waals surface area contributed by atoms with Gasteiger partial charge >= 0.3 is 0 Å². The highest BCUT2D eigenvalue weighted by Crippen LogP contribution is 2.33. The van der Waals surface area contributed by atoms with Crippen LogP contribution in [0.3, 0.4) is 0 Å². The Balaban J connectivity index is 2.16. The minimum atomic E-state index is -0.510. The average Bonchev–Trinajstić information content (AvgIpc) is 2.90. The number of fused-ring (bicyclic) bond motifs is 4. The van der Waals surface area contributed by atoms with Gasteiger partial charge in [0, 0.05) is 16.5 Å². The summed E-state index contributed by atoms with van der Waals surface area (Å²) in [5.41, 5.74) is 2.59. The fraction of sp³-hybridized carbons (Fsp3) is 0. The molecule has 0 spiro atoms. The SMILES string of the molecule is O=C1C(=O)c2cc3cn[nH]c3nc2-c2ccccc21. The van der Waals surface area contributed by atoms with E-state index >= 15 is 0 Å². The molecule has 0 unspecified atom stereocenters. The van der Waals surface area contributed by atoms with Crippen LogP contribution in [0, 0.1) is 0 Å². The minimum absolute atomic E-state index is 0.345. The Kier molecular flexibility index (Phi) is 1.79. The molecule has 0 aliphatic heterocycles. The Morgan fingerprint density at radius 3 is 2.53 bits per heavy atom. The lowest BCUT2D eigenvalue weighted by Gasteiger charge is -2.16. The minimum Gasteiger partial charge on any atom is -0.285 e. The largest absolute Gasteiger partial charge is 0.285 e. The van der Waals surface area contributed by atoms with Gasteiger partial charge in [-0.25, -0.2) is 4.98 Å². The number of rotatable bonds is 0. The van der Waals surface area contributed by atoms with Crippen LogP contribution in [0.15, 0.2) is 36.5 Å². The molecule has 0 bridgehead atoms. The Morgan fingerprint density at radius 2 is 1.68 bits per heavy atom. The molecule has 5 nitrogen and oxygen atoms in total. The lowest BCUT2D eigenvalue weighted by Crippen LogP contribution is -2.21. The maximum absolute atomic E-state index is 12.1. The zero-order valence-electron chi connectivity index (χ0n) is 9.68. The third kappa shape index (κ3) is 1.24. The molecule has 3 aromatic rings. The lowest BCUT2D eigenvalue weighted by molar-refractivity contribution is 0.0815. The summed E-state index contributed by atoms with van der Waals surface area (Å²) in [6.45, 7) is 0. The number of nitrogens with zero attached hydrogens (tertiary/aromatic N) is 2. The molecule has 19 heavy (non-hydrogen) atoms. The number of carbonyl (C=O) groups is 2. The number of Topliss-reactive ketones (excluding diaryl/α,β-unsaturated/α-hetero) is 2. The Bertz CT molecular complexity index is 864. The fourth-order valence-electron chi connectivity index (χ4n) is 2.39. The highest BCUT2D eigenvalue weighted by Gasteiger charge is 2.31.